The molecule has 0 aliphatic carbocycles. The molecular formula is C25H26N4O3. The summed E-state index contributed by atoms with van der Waals surface area (Å²) in [6, 6.07) is 15.1. The highest BCUT2D eigenvalue weighted by Gasteiger charge is 2.35. The summed E-state index contributed by atoms with van der Waals surface area (Å²) in [5.41, 5.74) is 4.51. The number of amides is 2. The van der Waals surface area contributed by atoms with Gasteiger partial charge in [0.2, 0.25) is 5.82 Å². The van der Waals surface area contributed by atoms with Gasteiger partial charge in [-0.3, -0.25) is 4.90 Å². The van der Waals surface area contributed by atoms with Crippen molar-refractivity contribution in [2.45, 2.75) is 26.3 Å². The van der Waals surface area contributed by atoms with Gasteiger partial charge >= 0.3 is 6.03 Å². The Labute approximate surface area is 187 Å². The highest BCUT2D eigenvalue weighted by Crippen LogP contribution is 2.37. The van der Waals surface area contributed by atoms with Crippen molar-refractivity contribution in [1.82, 2.24) is 20.4 Å². The van der Waals surface area contributed by atoms with E-state index in [2.05, 4.69) is 41.1 Å². The van der Waals surface area contributed by atoms with Gasteiger partial charge in [-0.1, -0.05) is 42.4 Å². The largest absolute Gasteiger partial charge is 0.497 e. The van der Waals surface area contributed by atoms with Gasteiger partial charge in [-0.2, -0.15) is 4.98 Å². The summed E-state index contributed by atoms with van der Waals surface area (Å²) in [7, 11) is 1.62. The van der Waals surface area contributed by atoms with Gasteiger partial charge in [0, 0.05) is 17.8 Å². The van der Waals surface area contributed by atoms with Crippen LogP contribution in [0.2, 0.25) is 0 Å². The van der Waals surface area contributed by atoms with Crippen LogP contribution in [0.4, 0.5) is 4.79 Å². The quantitative estimate of drug-likeness (QED) is 0.534. The number of aromatic nitrogens is 2. The number of aryl methyl sites for hydroxylation is 1. The number of urea groups is 1. The third-order valence-corrected chi connectivity index (χ3v) is 5.63. The maximum atomic E-state index is 12.8. The second kappa shape index (κ2) is 9.09. The molecular weight excluding hydrogens is 404 g/mol. The molecule has 4 rings (SSSR count). The number of ether oxygens (including phenoxy) is 1. The van der Waals surface area contributed by atoms with Crippen molar-refractivity contribution in [1.29, 1.82) is 0 Å². The molecule has 1 atom stereocenters. The van der Waals surface area contributed by atoms with E-state index in [0.29, 0.717) is 18.3 Å². The standard InChI is InChI=1S/C25H26N4O3/c1-5-15-29-16(3)21(22(26-25(29)30)18-9-7-17(6-2)8-10-18)24-27-23(28-32-24)19-11-13-20(31-4)14-12-19/h5,7-14,22H,1,6,15H2,2-4H3,(H,26,30). The predicted octanol–water partition coefficient (Wildman–Crippen LogP) is 4.99. The number of carbonyl (C=O) groups is 1. The van der Waals surface area contributed by atoms with Crippen LogP contribution < -0.4 is 10.1 Å². The minimum absolute atomic E-state index is 0.189. The first-order valence-corrected chi connectivity index (χ1v) is 10.5. The van der Waals surface area contributed by atoms with Gasteiger partial charge in [0.15, 0.2) is 0 Å². The third kappa shape index (κ3) is 4.01. The molecule has 1 N–H and O–H groups in total. The van der Waals surface area contributed by atoms with Crippen molar-refractivity contribution in [2.75, 3.05) is 13.7 Å². The lowest BCUT2D eigenvalue weighted by Crippen LogP contribution is -2.46. The van der Waals surface area contributed by atoms with Crippen LogP contribution in [0.15, 0.2) is 71.4 Å². The highest BCUT2D eigenvalue weighted by atomic mass is 16.5. The summed E-state index contributed by atoms with van der Waals surface area (Å²) < 4.78 is 10.9. The Hall–Kier alpha value is -3.87. The van der Waals surface area contributed by atoms with E-state index in [1.807, 2.05) is 43.3 Å². The summed E-state index contributed by atoms with van der Waals surface area (Å²) >= 11 is 0. The van der Waals surface area contributed by atoms with Crippen molar-refractivity contribution < 1.29 is 14.1 Å². The van der Waals surface area contributed by atoms with Gasteiger partial charge in [-0.15, -0.1) is 6.58 Å². The molecule has 1 aliphatic rings. The van der Waals surface area contributed by atoms with E-state index in [4.69, 9.17) is 9.26 Å². The molecule has 32 heavy (non-hydrogen) atoms. The molecule has 0 saturated heterocycles. The van der Waals surface area contributed by atoms with E-state index in [1.165, 1.54) is 5.56 Å². The number of benzene rings is 2. The molecule has 3 aromatic rings. The average Bonchev–Trinajstić information content (AvgIpc) is 3.31. The Morgan fingerprint density at radius 1 is 1.19 bits per heavy atom. The van der Waals surface area contributed by atoms with E-state index in [9.17, 15) is 4.79 Å². The molecule has 2 amide bonds. The number of rotatable bonds is 7. The highest BCUT2D eigenvalue weighted by molar-refractivity contribution is 5.87. The molecule has 2 heterocycles. The number of methoxy groups -OCH3 is 1. The molecule has 164 valence electrons. The second-order valence-electron chi connectivity index (χ2n) is 7.53. The van der Waals surface area contributed by atoms with Crippen LogP contribution in [0.3, 0.4) is 0 Å². The number of carbonyl (C=O) groups excluding carboxylic acids is 1. The van der Waals surface area contributed by atoms with Crippen LogP contribution in [0.5, 0.6) is 5.75 Å². The summed E-state index contributed by atoms with van der Waals surface area (Å²) in [6.45, 7) is 8.15. The number of nitrogens with one attached hydrogen (secondary N) is 1. The lowest BCUT2D eigenvalue weighted by Gasteiger charge is -2.34. The van der Waals surface area contributed by atoms with Crippen molar-refractivity contribution in [2.24, 2.45) is 0 Å². The van der Waals surface area contributed by atoms with Crippen molar-refractivity contribution in [3.8, 4) is 17.1 Å². The Morgan fingerprint density at radius 3 is 2.53 bits per heavy atom. The predicted molar refractivity (Wildman–Crippen MR) is 123 cm³/mol. The number of allylic oxidation sites excluding steroid dienone is 1. The molecule has 0 bridgehead atoms. The fourth-order valence-corrected chi connectivity index (χ4v) is 3.79. The van der Waals surface area contributed by atoms with Crippen LogP contribution in [-0.2, 0) is 6.42 Å². The Balaban J connectivity index is 1.77. The van der Waals surface area contributed by atoms with Crippen molar-refractivity contribution >= 4 is 11.6 Å². The maximum absolute atomic E-state index is 12.8. The van der Waals surface area contributed by atoms with Gasteiger partial charge in [0.25, 0.3) is 5.89 Å². The molecule has 0 radical (unpaired) electrons. The van der Waals surface area contributed by atoms with E-state index in [-0.39, 0.29) is 6.03 Å². The Bertz CT molecular complexity index is 1150. The molecule has 0 spiro atoms. The van der Waals surface area contributed by atoms with E-state index < -0.39 is 6.04 Å². The fourth-order valence-electron chi connectivity index (χ4n) is 3.79. The zero-order valence-corrected chi connectivity index (χ0v) is 18.5. The summed E-state index contributed by atoms with van der Waals surface area (Å²) in [5.74, 6) is 1.59. The molecule has 2 aromatic carbocycles. The number of hydrogen-bond acceptors (Lipinski definition) is 5. The zero-order chi connectivity index (χ0) is 22.7. The molecule has 0 saturated carbocycles. The van der Waals surface area contributed by atoms with Crippen molar-refractivity contribution in [3.05, 3.63) is 83.9 Å². The van der Waals surface area contributed by atoms with Gasteiger partial charge in [0.1, 0.15) is 5.75 Å². The molecule has 1 unspecified atom stereocenters. The van der Waals surface area contributed by atoms with Gasteiger partial charge in [-0.05, 0) is 48.7 Å². The summed E-state index contributed by atoms with van der Waals surface area (Å²) in [6.07, 6.45) is 2.63. The normalized spacial score (nSPS) is 16.2. The first kappa shape index (κ1) is 21.4. The van der Waals surface area contributed by atoms with E-state index >= 15 is 0 Å². The van der Waals surface area contributed by atoms with Crippen LogP contribution >= 0.6 is 0 Å². The van der Waals surface area contributed by atoms with Crippen LogP contribution in [0.25, 0.3) is 17.0 Å². The van der Waals surface area contributed by atoms with Gasteiger partial charge < -0.3 is 14.6 Å². The number of hydrogen-bond donors (Lipinski definition) is 1. The summed E-state index contributed by atoms with van der Waals surface area (Å²) in [5, 5.41) is 7.27. The molecule has 1 aromatic heterocycles. The van der Waals surface area contributed by atoms with Crippen molar-refractivity contribution in [3.63, 3.8) is 0 Å². The first-order valence-electron chi connectivity index (χ1n) is 10.5. The Kier molecular flexibility index (Phi) is 6.07. The van der Waals surface area contributed by atoms with Crippen LogP contribution in [0.1, 0.15) is 36.9 Å². The van der Waals surface area contributed by atoms with E-state index in [0.717, 1.165) is 34.6 Å². The lowest BCUT2D eigenvalue weighted by molar-refractivity contribution is 0.209. The zero-order valence-electron chi connectivity index (χ0n) is 18.5. The molecule has 0 fully saturated rings. The lowest BCUT2D eigenvalue weighted by atomic mass is 9.93. The molecule has 7 heteroatoms. The van der Waals surface area contributed by atoms with Gasteiger partial charge in [0.05, 0.1) is 18.7 Å². The monoisotopic (exact) mass is 430 g/mol. The SMILES string of the molecule is C=CCN1C(=O)NC(c2ccc(CC)cc2)C(c2nc(-c3ccc(OC)cc3)no2)=C1C. The number of nitrogens with zero attached hydrogens (tertiary/aromatic N) is 3. The second-order valence-corrected chi connectivity index (χ2v) is 7.53. The minimum Gasteiger partial charge on any atom is -0.497 e. The fraction of sp³-hybridized carbons (Fsp3) is 0.240. The van der Waals surface area contributed by atoms with E-state index in [1.54, 1.807) is 18.1 Å². The maximum Gasteiger partial charge on any atom is 0.322 e. The third-order valence-electron chi connectivity index (χ3n) is 5.63. The van der Waals surface area contributed by atoms with Gasteiger partial charge in [-0.25, -0.2) is 4.79 Å². The Morgan fingerprint density at radius 2 is 1.91 bits per heavy atom. The first-order chi connectivity index (χ1) is 15.5. The molecule has 7 nitrogen and oxygen atoms in total. The topological polar surface area (TPSA) is 80.5 Å². The van der Waals surface area contributed by atoms with Crippen LogP contribution in [-0.4, -0.2) is 34.7 Å². The van der Waals surface area contributed by atoms with Crippen LogP contribution in [0, 0.1) is 0 Å². The average molecular weight is 431 g/mol. The smallest absolute Gasteiger partial charge is 0.322 e. The minimum atomic E-state index is -0.404. The molecule has 1 aliphatic heterocycles. The summed E-state index contributed by atoms with van der Waals surface area (Å²) in [4.78, 5) is 19.1.